The molecular formula is C23H32N2O3. The number of carbonyl (C=O) groups is 2. The molecule has 4 rings (SSSR count). The van der Waals surface area contributed by atoms with Gasteiger partial charge in [-0.25, -0.2) is 0 Å². The monoisotopic (exact) mass is 384 g/mol. The van der Waals surface area contributed by atoms with Crippen molar-refractivity contribution in [3.8, 4) is 0 Å². The van der Waals surface area contributed by atoms with Crippen LogP contribution in [-0.4, -0.2) is 49.1 Å². The van der Waals surface area contributed by atoms with E-state index in [-0.39, 0.29) is 28.7 Å². The first-order valence-corrected chi connectivity index (χ1v) is 10.5. The normalized spacial score (nSPS) is 31.1. The second-order valence-corrected chi connectivity index (χ2v) is 9.76. The first-order valence-electron chi connectivity index (χ1n) is 10.5. The van der Waals surface area contributed by atoms with Crippen LogP contribution < -0.4 is 5.32 Å². The molecule has 2 saturated carbocycles. The summed E-state index contributed by atoms with van der Waals surface area (Å²) in [6, 6.07) is 5.66. The van der Waals surface area contributed by atoms with Gasteiger partial charge < -0.3 is 15.0 Å². The van der Waals surface area contributed by atoms with E-state index in [1.165, 1.54) is 19.3 Å². The summed E-state index contributed by atoms with van der Waals surface area (Å²) in [6.45, 7) is 11.2. The molecule has 1 N–H and O–H groups in total. The molecule has 0 radical (unpaired) electrons. The van der Waals surface area contributed by atoms with Crippen LogP contribution in [0.2, 0.25) is 0 Å². The maximum atomic E-state index is 13.1. The topological polar surface area (TPSA) is 58.6 Å². The summed E-state index contributed by atoms with van der Waals surface area (Å²) in [7, 11) is 0. The zero-order valence-electron chi connectivity index (χ0n) is 17.5. The Balaban J connectivity index is 1.54. The lowest BCUT2D eigenvalue weighted by Gasteiger charge is -2.43. The average Bonchev–Trinajstić information content (AvgIpc) is 3.16. The molecule has 3 atom stereocenters. The van der Waals surface area contributed by atoms with Gasteiger partial charge >= 0.3 is 0 Å². The highest BCUT2D eigenvalue weighted by Crippen LogP contribution is 2.62. The molecule has 5 nitrogen and oxygen atoms in total. The number of rotatable bonds is 3. The summed E-state index contributed by atoms with van der Waals surface area (Å²) in [5.41, 5.74) is 2.39. The zero-order valence-corrected chi connectivity index (χ0v) is 17.5. The molecule has 3 aliphatic rings. The van der Waals surface area contributed by atoms with Crippen LogP contribution in [0.5, 0.6) is 0 Å². The molecule has 1 unspecified atom stereocenters. The predicted octanol–water partition coefficient (Wildman–Crippen LogP) is 3.41. The molecule has 1 heterocycles. The Morgan fingerprint density at radius 3 is 2.54 bits per heavy atom. The van der Waals surface area contributed by atoms with Crippen LogP contribution in [0.15, 0.2) is 18.2 Å². The third-order valence-corrected chi connectivity index (χ3v) is 7.57. The van der Waals surface area contributed by atoms with Crippen LogP contribution in [0.3, 0.4) is 0 Å². The van der Waals surface area contributed by atoms with E-state index in [9.17, 15) is 9.59 Å². The molecule has 3 fully saturated rings. The van der Waals surface area contributed by atoms with E-state index < -0.39 is 0 Å². The first kappa shape index (κ1) is 19.4. The van der Waals surface area contributed by atoms with Gasteiger partial charge in [-0.2, -0.15) is 0 Å². The van der Waals surface area contributed by atoms with E-state index in [1.807, 2.05) is 24.0 Å². The van der Waals surface area contributed by atoms with Gasteiger partial charge in [-0.1, -0.05) is 26.8 Å². The third kappa shape index (κ3) is 3.14. The smallest absolute Gasteiger partial charge is 0.254 e. The molecule has 28 heavy (non-hydrogen) atoms. The lowest BCUT2D eigenvalue weighted by molar-refractivity contribution is 0.0302. The van der Waals surface area contributed by atoms with Gasteiger partial charge in [0.1, 0.15) is 0 Å². The number of hydrogen-bond donors (Lipinski definition) is 1. The number of nitrogens with zero attached hydrogens (tertiary/aromatic N) is 1. The Kier molecular flexibility index (Phi) is 4.77. The van der Waals surface area contributed by atoms with Crippen molar-refractivity contribution in [3.05, 3.63) is 34.9 Å². The Hall–Kier alpha value is -1.88. The number of hydrogen-bond acceptors (Lipinski definition) is 3. The molecule has 0 aromatic heterocycles. The van der Waals surface area contributed by atoms with Crippen LogP contribution in [-0.2, 0) is 4.74 Å². The molecule has 2 aliphatic carbocycles. The van der Waals surface area contributed by atoms with Crippen molar-refractivity contribution in [3.63, 3.8) is 0 Å². The molecule has 2 amide bonds. The molecule has 1 aromatic carbocycles. The zero-order chi connectivity index (χ0) is 20.1. The summed E-state index contributed by atoms with van der Waals surface area (Å²) >= 11 is 0. The first-order chi connectivity index (χ1) is 13.2. The fourth-order valence-electron chi connectivity index (χ4n) is 5.81. The third-order valence-electron chi connectivity index (χ3n) is 7.57. The molecule has 0 spiro atoms. The van der Waals surface area contributed by atoms with Gasteiger partial charge in [0.25, 0.3) is 11.8 Å². The highest BCUT2D eigenvalue weighted by Gasteiger charge is 2.59. The minimum atomic E-state index is -0.0668. The largest absolute Gasteiger partial charge is 0.378 e. The Labute approximate surface area is 167 Å². The second kappa shape index (κ2) is 6.87. The fraction of sp³-hybridized carbons (Fsp3) is 0.652. The molecule has 1 saturated heterocycles. The fourth-order valence-corrected chi connectivity index (χ4v) is 5.81. The molecule has 1 aromatic rings. The highest BCUT2D eigenvalue weighted by molar-refractivity contribution is 6.00. The van der Waals surface area contributed by atoms with Crippen molar-refractivity contribution < 1.29 is 14.3 Å². The summed E-state index contributed by atoms with van der Waals surface area (Å²) < 4.78 is 5.35. The standard InChI is InChI=1S/C23H32N2O3/c1-15-5-6-16(13-18(15)20(27)25-9-11-28-12-10-25)19(26)24-21-22(2,3)17-7-8-23(21,4)14-17/h5-6,13,17,21H,7-12,14H2,1-4H3,(H,24,26)/t17-,21?,23+/m1/s1. The van der Waals surface area contributed by atoms with Gasteiger partial charge in [0.2, 0.25) is 0 Å². The minimum absolute atomic E-state index is 0.0114. The number of benzene rings is 1. The molecule has 2 bridgehead atoms. The van der Waals surface area contributed by atoms with E-state index in [0.29, 0.717) is 43.3 Å². The highest BCUT2D eigenvalue weighted by atomic mass is 16.5. The lowest BCUT2D eigenvalue weighted by Crippen LogP contribution is -2.52. The van der Waals surface area contributed by atoms with E-state index in [1.54, 1.807) is 6.07 Å². The van der Waals surface area contributed by atoms with Crippen LogP contribution in [0.25, 0.3) is 0 Å². The van der Waals surface area contributed by atoms with Gasteiger partial charge in [-0.15, -0.1) is 0 Å². The average molecular weight is 385 g/mol. The number of carbonyl (C=O) groups excluding carboxylic acids is 2. The van der Waals surface area contributed by atoms with Crippen molar-refractivity contribution in [1.82, 2.24) is 10.2 Å². The maximum Gasteiger partial charge on any atom is 0.254 e. The van der Waals surface area contributed by atoms with E-state index in [2.05, 4.69) is 26.1 Å². The summed E-state index contributed by atoms with van der Waals surface area (Å²) in [5.74, 6) is 0.602. The van der Waals surface area contributed by atoms with Gasteiger partial charge in [-0.3, -0.25) is 9.59 Å². The number of ether oxygens (including phenoxy) is 1. The van der Waals surface area contributed by atoms with E-state index in [4.69, 9.17) is 4.74 Å². The molecular weight excluding hydrogens is 352 g/mol. The van der Waals surface area contributed by atoms with Gasteiger partial charge in [-0.05, 0) is 60.6 Å². The van der Waals surface area contributed by atoms with Crippen molar-refractivity contribution in [2.45, 2.75) is 53.0 Å². The summed E-state index contributed by atoms with van der Waals surface area (Å²) in [6.07, 6.45) is 3.64. The summed E-state index contributed by atoms with van der Waals surface area (Å²) in [4.78, 5) is 27.9. The Morgan fingerprint density at radius 2 is 1.89 bits per heavy atom. The van der Waals surface area contributed by atoms with Crippen LogP contribution in [0.4, 0.5) is 0 Å². The summed E-state index contributed by atoms with van der Waals surface area (Å²) in [5, 5.41) is 3.34. The van der Waals surface area contributed by atoms with Gasteiger partial charge in [0.05, 0.1) is 13.2 Å². The molecule has 1 aliphatic heterocycles. The van der Waals surface area contributed by atoms with Gasteiger partial charge in [0, 0.05) is 30.3 Å². The molecule has 5 heteroatoms. The van der Waals surface area contributed by atoms with E-state index in [0.717, 1.165) is 5.56 Å². The number of fused-ring (bicyclic) bond motifs is 2. The molecule has 152 valence electrons. The van der Waals surface area contributed by atoms with Gasteiger partial charge in [0.15, 0.2) is 0 Å². The SMILES string of the molecule is Cc1ccc(C(=O)NC2C(C)(C)[C@@H]3CC[C@@]2(C)C3)cc1C(=O)N1CCOCC1. The van der Waals surface area contributed by atoms with Crippen LogP contribution >= 0.6 is 0 Å². The number of nitrogens with one attached hydrogen (secondary N) is 1. The van der Waals surface area contributed by atoms with Crippen molar-refractivity contribution in [2.75, 3.05) is 26.3 Å². The van der Waals surface area contributed by atoms with Crippen molar-refractivity contribution >= 4 is 11.8 Å². The van der Waals surface area contributed by atoms with Crippen LogP contribution in [0.1, 0.15) is 66.3 Å². The Morgan fingerprint density at radius 1 is 1.18 bits per heavy atom. The maximum absolute atomic E-state index is 13.1. The second-order valence-electron chi connectivity index (χ2n) is 9.76. The number of aryl methyl sites for hydroxylation is 1. The predicted molar refractivity (Wildman–Crippen MR) is 108 cm³/mol. The number of morpholine rings is 1. The lowest BCUT2D eigenvalue weighted by atomic mass is 9.68. The van der Waals surface area contributed by atoms with Crippen LogP contribution in [0, 0.1) is 23.7 Å². The quantitative estimate of drug-likeness (QED) is 0.869. The Bertz CT molecular complexity index is 792. The van der Waals surface area contributed by atoms with E-state index >= 15 is 0 Å². The minimum Gasteiger partial charge on any atom is -0.378 e. The van der Waals surface area contributed by atoms with Crippen molar-refractivity contribution in [1.29, 1.82) is 0 Å². The van der Waals surface area contributed by atoms with Crippen molar-refractivity contribution in [2.24, 2.45) is 16.7 Å². The number of amides is 2.